The molecule has 1 fully saturated rings. The van der Waals surface area contributed by atoms with E-state index in [1.165, 1.54) is 38.7 Å². The highest BCUT2D eigenvalue weighted by Gasteiger charge is 2.10. The van der Waals surface area contributed by atoms with Gasteiger partial charge >= 0.3 is 0 Å². The molecule has 2 aromatic rings. The van der Waals surface area contributed by atoms with E-state index in [1.54, 1.807) is 0 Å². The minimum Gasteiger partial charge on any atom is -0.493 e. The zero-order chi connectivity index (χ0) is 15.4. The molecule has 1 saturated heterocycles. The van der Waals surface area contributed by atoms with Crippen LogP contribution in [-0.2, 0) is 0 Å². The molecule has 0 amide bonds. The van der Waals surface area contributed by atoms with Gasteiger partial charge in [-0.2, -0.15) is 0 Å². The summed E-state index contributed by atoms with van der Waals surface area (Å²) in [6.45, 7) is 6.25. The van der Waals surface area contributed by atoms with Crippen LogP contribution in [0.15, 0.2) is 18.5 Å². The van der Waals surface area contributed by atoms with E-state index < -0.39 is 0 Å². The van der Waals surface area contributed by atoms with Crippen molar-refractivity contribution in [1.82, 2.24) is 14.9 Å². The van der Waals surface area contributed by atoms with Crippen LogP contribution in [0.2, 0.25) is 0 Å². The molecule has 0 unspecified atom stereocenters. The molecule has 0 atom stereocenters. The van der Waals surface area contributed by atoms with E-state index in [0.29, 0.717) is 17.5 Å². The molecular weight excluding hydrogens is 278 g/mol. The first-order valence-electron chi connectivity index (χ1n) is 8.03. The quantitative estimate of drug-likeness (QED) is 0.861. The van der Waals surface area contributed by atoms with Gasteiger partial charge in [-0.15, -0.1) is 0 Å². The monoisotopic (exact) mass is 301 g/mol. The second-order valence-electron chi connectivity index (χ2n) is 5.94. The van der Waals surface area contributed by atoms with Gasteiger partial charge in [-0.25, -0.2) is 9.97 Å². The number of benzene rings is 1. The maximum absolute atomic E-state index is 9.75. The van der Waals surface area contributed by atoms with Gasteiger partial charge in [0.2, 0.25) is 5.88 Å². The summed E-state index contributed by atoms with van der Waals surface area (Å²) in [5.41, 5.74) is 1.71. The fourth-order valence-electron chi connectivity index (χ4n) is 2.99. The number of hydrogen-bond donors (Lipinski definition) is 1. The molecule has 1 aliphatic rings. The third kappa shape index (κ3) is 3.47. The molecule has 0 aliphatic carbocycles. The van der Waals surface area contributed by atoms with Gasteiger partial charge in [0.1, 0.15) is 12.1 Å². The fraction of sp³-hybridized carbons (Fsp3) is 0.529. The Morgan fingerprint density at radius 2 is 2.00 bits per heavy atom. The Morgan fingerprint density at radius 1 is 1.18 bits per heavy atom. The summed E-state index contributed by atoms with van der Waals surface area (Å²) in [6, 6.07) is 3.76. The van der Waals surface area contributed by atoms with Gasteiger partial charge in [0.05, 0.1) is 17.5 Å². The lowest BCUT2D eigenvalue weighted by Crippen LogP contribution is -2.31. The first-order valence-corrected chi connectivity index (χ1v) is 8.03. The third-order valence-corrected chi connectivity index (χ3v) is 4.24. The molecule has 118 valence electrons. The number of piperidine rings is 1. The highest BCUT2D eigenvalue weighted by molar-refractivity contribution is 5.85. The van der Waals surface area contributed by atoms with Crippen molar-refractivity contribution in [3.8, 4) is 11.6 Å². The molecule has 3 rings (SSSR count). The average molecular weight is 301 g/mol. The number of aromatic hydroxyl groups is 1. The lowest BCUT2D eigenvalue weighted by Gasteiger charge is -2.26. The zero-order valence-electron chi connectivity index (χ0n) is 13.1. The molecule has 1 aromatic carbocycles. The average Bonchev–Trinajstić information content (AvgIpc) is 2.54. The first kappa shape index (κ1) is 15.0. The fourth-order valence-corrected chi connectivity index (χ4v) is 2.99. The Balaban J connectivity index is 1.58. The largest absolute Gasteiger partial charge is 0.493 e. The normalized spacial score (nSPS) is 16.0. The van der Waals surface area contributed by atoms with Crippen molar-refractivity contribution in [1.29, 1.82) is 0 Å². The second kappa shape index (κ2) is 6.92. The van der Waals surface area contributed by atoms with Crippen molar-refractivity contribution in [3.05, 3.63) is 24.0 Å². The highest BCUT2D eigenvalue weighted by atomic mass is 16.5. The van der Waals surface area contributed by atoms with Crippen LogP contribution in [0.4, 0.5) is 0 Å². The summed E-state index contributed by atoms with van der Waals surface area (Å²) in [5, 5.41) is 10.4. The van der Waals surface area contributed by atoms with Crippen LogP contribution in [0.3, 0.4) is 0 Å². The van der Waals surface area contributed by atoms with Gasteiger partial charge in [0, 0.05) is 12.6 Å². The van der Waals surface area contributed by atoms with Gasteiger partial charge in [0.25, 0.3) is 0 Å². The molecular formula is C17H23N3O2. The topological polar surface area (TPSA) is 58.5 Å². The van der Waals surface area contributed by atoms with Crippen molar-refractivity contribution in [2.75, 3.05) is 26.2 Å². The van der Waals surface area contributed by atoms with E-state index in [-0.39, 0.29) is 5.88 Å². The van der Waals surface area contributed by atoms with Crippen molar-refractivity contribution in [2.45, 2.75) is 32.6 Å². The standard InChI is InChI=1S/C17H23N3O2/c1-13-10-14-15(18-12-19-17(14)21)11-16(13)22-9-5-8-20-6-3-2-4-7-20/h10-12H,2-9H2,1H3,(H,18,19,21). The Hall–Kier alpha value is -1.88. The summed E-state index contributed by atoms with van der Waals surface area (Å²) < 4.78 is 5.91. The number of likely N-dealkylation sites (tertiary alicyclic amines) is 1. The zero-order valence-corrected chi connectivity index (χ0v) is 13.1. The molecule has 0 radical (unpaired) electrons. The molecule has 0 bridgehead atoms. The molecule has 1 aromatic heterocycles. The predicted octanol–water partition coefficient (Wildman–Crippen LogP) is 2.90. The van der Waals surface area contributed by atoms with Crippen LogP contribution >= 0.6 is 0 Å². The Labute approximate surface area is 130 Å². The van der Waals surface area contributed by atoms with Gasteiger partial charge in [-0.1, -0.05) is 6.42 Å². The summed E-state index contributed by atoms with van der Waals surface area (Å²) in [4.78, 5) is 10.5. The summed E-state index contributed by atoms with van der Waals surface area (Å²) in [5.74, 6) is 0.856. The van der Waals surface area contributed by atoms with Crippen molar-refractivity contribution in [2.24, 2.45) is 0 Å². The minimum absolute atomic E-state index is 0.0183. The molecule has 0 spiro atoms. The van der Waals surface area contributed by atoms with Crippen LogP contribution in [0, 0.1) is 6.92 Å². The summed E-state index contributed by atoms with van der Waals surface area (Å²) in [6.07, 6.45) is 6.43. The predicted molar refractivity (Wildman–Crippen MR) is 86.3 cm³/mol. The number of fused-ring (bicyclic) bond motifs is 1. The number of rotatable bonds is 5. The van der Waals surface area contributed by atoms with Crippen molar-refractivity contribution >= 4 is 10.9 Å². The molecule has 5 heteroatoms. The maximum atomic E-state index is 9.75. The molecule has 22 heavy (non-hydrogen) atoms. The molecule has 5 nitrogen and oxygen atoms in total. The van der Waals surface area contributed by atoms with E-state index in [2.05, 4.69) is 14.9 Å². The minimum atomic E-state index is 0.0183. The van der Waals surface area contributed by atoms with Gasteiger partial charge < -0.3 is 14.7 Å². The lowest BCUT2D eigenvalue weighted by atomic mass is 10.1. The lowest BCUT2D eigenvalue weighted by molar-refractivity contribution is 0.204. The highest BCUT2D eigenvalue weighted by Crippen LogP contribution is 2.28. The van der Waals surface area contributed by atoms with Gasteiger partial charge in [-0.3, -0.25) is 0 Å². The Morgan fingerprint density at radius 3 is 2.82 bits per heavy atom. The van der Waals surface area contributed by atoms with E-state index in [0.717, 1.165) is 24.3 Å². The molecule has 0 saturated carbocycles. The number of aromatic nitrogens is 2. The number of ether oxygens (including phenoxy) is 1. The summed E-state index contributed by atoms with van der Waals surface area (Å²) in [7, 11) is 0. The van der Waals surface area contributed by atoms with Crippen molar-refractivity contribution in [3.63, 3.8) is 0 Å². The maximum Gasteiger partial charge on any atom is 0.221 e. The van der Waals surface area contributed by atoms with Crippen molar-refractivity contribution < 1.29 is 9.84 Å². The van der Waals surface area contributed by atoms with E-state index in [1.807, 2.05) is 19.1 Å². The smallest absolute Gasteiger partial charge is 0.221 e. The number of hydrogen-bond acceptors (Lipinski definition) is 5. The van der Waals surface area contributed by atoms with Crippen LogP contribution in [-0.4, -0.2) is 46.2 Å². The number of aryl methyl sites for hydroxylation is 1. The molecule has 1 N–H and O–H groups in total. The Kier molecular flexibility index (Phi) is 4.73. The third-order valence-electron chi connectivity index (χ3n) is 4.24. The van der Waals surface area contributed by atoms with Gasteiger partial charge in [-0.05, 0) is 50.9 Å². The SMILES string of the molecule is Cc1cc2c(O)ncnc2cc1OCCCN1CCCCC1. The van der Waals surface area contributed by atoms with Crippen LogP contribution < -0.4 is 4.74 Å². The first-order chi connectivity index (χ1) is 10.7. The van der Waals surface area contributed by atoms with Gasteiger partial charge in [0.15, 0.2) is 0 Å². The molecule has 2 heterocycles. The van der Waals surface area contributed by atoms with Crippen LogP contribution in [0.1, 0.15) is 31.2 Å². The Bertz CT molecular complexity index is 639. The van der Waals surface area contributed by atoms with Crippen LogP contribution in [0.5, 0.6) is 11.6 Å². The van der Waals surface area contributed by atoms with Crippen LogP contribution in [0.25, 0.3) is 10.9 Å². The van der Waals surface area contributed by atoms with E-state index in [9.17, 15) is 5.11 Å². The van der Waals surface area contributed by atoms with E-state index in [4.69, 9.17) is 4.74 Å². The number of nitrogens with zero attached hydrogens (tertiary/aromatic N) is 3. The molecule has 1 aliphatic heterocycles. The summed E-state index contributed by atoms with van der Waals surface area (Å²) >= 11 is 0. The van der Waals surface area contributed by atoms with E-state index >= 15 is 0 Å². The second-order valence-corrected chi connectivity index (χ2v) is 5.94.